The molecule has 0 radical (unpaired) electrons. The summed E-state index contributed by atoms with van der Waals surface area (Å²) >= 11 is 0. The summed E-state index contributed by atoms with van der Waals surface area (Å²) in [6, 6.07) is 5.53. The molecule has 0 atom stereocenters. The number of rotatable bonds is 5. The zero-order valence-corrected chi connectivity index (χ0v) is 8.91. The van der Waals surface area contributed by atoms with Gasteiger partial charge < -0.3 is 15.4 Å². The number of nitrogens with zero attached hydrogens (tertiary/aromatic N) is 1. The average Bonchev–Trinajstić information content (AvgIpc) is 2.27. The van der Waals surface area contributed by atoms with Crippen molar-refractivity contribution in [2.45, 2.75) is 6.92 Å². The third kappa shape index (κ3) is 3.84. The first-order valence-electron chi connectivity index (χ1n) is 4.78. The van der Waals surface area contributed by atoms with E-state index in [4.69, 9.17) is 0 Å². The first kappa shape index (κ1) is 11.3. The van der Waals surface area contributed by atoms with Crippen molar-refractivity contribution in [3.63, 3.8) is 0 Å². The fraction of sp³-hybridized carbons (Fsp3) is 0.400. The van der Waals surface area contributed by atoms with E-state index in [9.17, 15) is 4.79 Å². The fourth-order valence-corrected chi connectivity index (χ4v) is 1.05. The van der Waals surface area contributed by atoms with Gasteiger partial charge in [-0.1, -0.05) is 6.07 Å². The Labute approximate surface area is 88.9 Å². The molecule has 1 aromatic heterocycles. The topological polar surface area (TPSA) is 63.2 Å². The molecule has 0 unspecified atom stereocenters. The van der Waals surface area contributed by atoms with Gasteiger partial charge in [0.1, 0.15) is 18.2 Å². The Morgan fingerprint density at radius 2 is 2.07 bits per heavy atom. The molecule has 5 heteroatoms. The second kappa shape index (κ2) is 5.85. The number of anilines is 2. The number of pyridine rings is 1. The van der Waals surface area contributed by atoms with E-state index in [1.165, 1.54) is 7.11 Å². The van der Waals surface area contributed by atoms with Gasteiger partial charge in [0.05, 0.1) is 7.11 Å². The Morgan fingerprint density at radius 1 is 1.40 bits per heavy atom. The van der Waals surface area contributed by atoms with Crippen LogP contribution < -0.4 is 10.6 Å². The SMILES string of the molecule is CCNc1cccc(NCC(=O)OC)n1. The molecule has 2 N–H and O–H groups in total. The highest BCUT2D eigenvalue weighted by Gasteiger charge is 2.00. The summed E-state index contributed by atoms with van der Waals surface area (Å²) in [7, 11) is 1.35. The molecule has 1 aromatic rings. The van der Waals surface area contributed by atoms with Gasteiger partial charge in [-0.2, -0.15) is 0 Å². The summed E-state index contributed by atoms with van der Waals surface area (Å²) in [5.74, 6) is 1.12. The van der Waals surface area contributed by atoms with Crippen molar-refractivity contribution in [3.8, 4) is 0 Å². The monoisotopic (exact) mass is 209 g/mol. The number of carbonyl (C=O) groups excluding carboxylic acids is 1. The predicted octanol–water partition coefficient (Wildman–Crippen LogP) is 1.10. The molecule has 0 aliphatic rings. The van der Waals surface area contributed by atoms with Gasteiger partial charge in [0, 0.05) is 6.54 Å². The Hall–Kier alpha value is -1.78. The van der Waals surface area contributed by atoms with E-state index in [1.54, 1.807) is 6.07 Å². The van der Waals surface area contributed by atoms with Crippen LogP contribution in [0.15, 0.2) is 18.2 Å². The quantitative estimate of drug-likeness (QED) is 0.711. The number of hydrogen-bond acceptors (Lipinski definition) is 5. The highest BCUT2D eigenvalue weighted by atomic mass is 16.5. The van der Waals surface area contributed by atoms with Gasteiger partial charge >= 0.3 is 5.97 Å². The van der Waals surface area contributed by atoms with Crippen molar-refractivity contribution >= 4 is 17.6 Å². The molecular weight excluding hydrogens is 194 g/mol. The maximum Gasteiger partial charge on any atom is 0.325 e. The van der Waals surface area contributed by atoms with Gasteiger partial charge in [0.25, 0.3) is 0 Å². The average molecular weight is 209 g/mol. The number of methoxy groups -OCH3 is 1. The van der Waals surface area contributed by atoms with Gasteiger partial charge in [-0.3, -0.25) is 4.79 Å². The summed E-state index contributed by atoms with van der Waals surface area (Å²) in [6.07, 6.45) is 0. The Balaban J connectivity index is 2.53. The van der Waals surface area contributed by atoms with Gasteiger partial charge in [-0.15, -0.1) is 0 Å². The summed E-state index contributed by atoms with van der Waals surface area (Å²) in [4.78, 5) is 15.1. The van der Waals surface area contributed by atoms with Crippen molar-refractivity contribution in [1.29, 1.82) is 0 Å². The summed E-state index contributed by atoms with van der Waals surface area (Å²) < 4.78 is 4.50. The van der Waals surface area contributed by atoms with Crippen LogP contribution >= 0.6 is 0 Å². The third-order valence-corrected chi connectivity index (χ3v) is 1.75. The minimum absolute atomic E-state index is 0.124. The maximum atomic E-state index is 10.9. The number of carbonyl (C=O) groups is 1. The first-order chi connectivity index (χ1) is 7.26. The molecule has 1 rings (SSSR count). The van der Waals surface area contributed by atoms with Crippen LogP contribution in [-0.2, 0) is 9.53 Å². The lowest BCUT2D eigenvalue weighted by Gasteiger charge is -2.06. The van der Waals surface area contributed by atoms with Gasteiger partial charge in [0.15, 0.2) is 0 Å². The maximum absolute atomic E-state index is 10.9. The Kier molecular flexibility index (Phi) is 4.40. The van der Waals surface area contributed by atoms with Crippen LogP contribution in [0.4, 0.5) is 11.6 Å². The molecule has 0 saturated carbocycles. The number of hydrogen-bond donors (Lipinski definition) is 2. The van der Waals surface area contributed by atoms with Crippen LogP contribution in [0, 0.1) is 0 Å². The molecule has 0 aromatic carbocycles. The van der Waals surface area contributed by atoms with Crippen molar-refractivity contribution < 1.29 is 9.53 Å². The zero-order valence-electron chi connectivity index (χ0n) is 8.91. The van der Waals surface area contributed by atoms with E-state index in [2.05, 4.69) is 20.4 Å². The van der Waals surface area contributed by atoms with Crippen LogP contribution in [0.25, 0.3) is 0 Å². The number of nitrogens with one attached hydrogen (secondary N) is 2. The van der Waals surface area contributed by atoms with Crippen LogP contribution in [0.3, 0.4) is 0 Å². The molecule has 5 nitrogen and oxygen atoms in total. The fourth-order valence-electron chi connectivity index (χ4n) is 1.05. The highest BCUT2D eigenvalue weighted by Crippen LogP contribution is 2.08. The Bertz CT molecular complexity index is 328. The third-order valence-electron chi connectivity index (χ3n) is 1.75. The molecule has 0 aliphatic heterocycles. The molecule has 0 spiro atoms. The van der Waals surface area contributed by atoms with E-state index in [1.807, 2.05) is 19.1 Å². The van der Waals surface area contributed by atoms with Gasteiger partial charge in [0.2, 0.25) is 0 Å². The summed E-state index contributed by atoms with van der Waals surface area (Å²) in [6.45, 7) is 2.93. The van der Waals surface area contributed by atoms with E-state index in [0.717, 1.165) is 12.4 Å². The normalized spacial score (nSPS) is 9.47. The lowest BCUT2D eigenvalue weighted by atomic mass is 10.4. The van der Waals surface area contributed by atoms with Crippen molar-refractivity contribution in [2.24, 2.45) is 0 Å². The Morgan fingerprint density at radius 3 is 2.67 bits per heavy atom. The standard InChI is InChI=1S/C10H15N3O2/c1-3-11-8-5-4-6-9(13-8)12-7-10(14)15-2/h4-6H,3,7H2,1-2H3,(H2,11,12,13). The molecule has 0 aliphatic carbocycles. The first-order valence-corrected chi connectivity index (χ1v) is 4.78. The largest absolute Gasteiger partial charge is 0.468 e. The van der Waals surface area contributed by atoms with Crippen molar-refractivity contribution in [2.75, 3.05) is 30.8 Å². The minimum atomic E-state index is -0.314. The highest BCUT2D eigenvalue weighted by molar-refractivity contribution is 5.74. The van der Waals surface area contributed by atoms with E-state index in [-0.39, 0.29) is 12.5 Å². The van der Waals surface area contributed by atoms with Crippen LogP contribution in [-0.4, -0.2) is 31.2 Å². The number of esters is 1. The van der Waals surface area contributed by atoms with E-state index in [0.29, 0.717) is 5.82 Å². The zero-order chi connectivity index (χ0) is 11.1. The molecule has 0 bridgehead atoms. The molecule has 1 heterocycles. The summed E-state index contributed by atoms with van der Waals surface area (Å²) in [5, 5.41) is 5.95. The second-order valence-electron chi connectivity index (χ2n) is 2.87. The molecule has 0 saturated heterocycles. The van der Waals surface area contributed by atoms with Crippen LogP contribution in [0.1, 0.15) is 6.92 Å². The second-order valence-corrected chi connectivity index (χ2v) is 2.87. The molecule has 0 amide bonds. The molecule has 0 fully saturated rings. The lowest BCUT2D eigenvalue weighted by molar-refractivity contribution is -0.138. The van der Waals surface area contributed by atoms with Crippen molar-refractivity contribution in [3.05, 3.63) is 18.2 Å². The van der Waals surface area contributed by atoms with Crippen LogP contribution in [0.5, 0.6) is 0 Å². The molecule has 15 heavy (non-hydrogen) atoms. The molecule has 82 valence electrons. The minimum Gasteiger partial charge on any atom is -0.468 e. The van der Waals surface area contributed by atoms with Gasteiger partial charge in [-0.25, -0.2) is 4.98 Å². The lowest BCUT2D eigenvalue weighted by Crippen LogP contribution is -2.15. The van der Waals surface area contributed by atoms with E-state index < -0.39 is 0 Å². The van der Waals surface area contributed by atoms with Crippen LogP contribution in [0.2, 0.25) is 0 Å². The predicted molar refractivity (Wildman–Crippen MR) is 58.9 cm³/mol. The summed E-state index contributed by atoms with van der Waals surface area (Å²) in [5.41, 5.74) is 0. The number of aromatic nitrogens is 1. The van der Waals surface area contributed by atoms with E-state index >= 15 is 0 Å². The molecular formula is C10H15N3O2. The smallest absolute Gasteiger partial charge is 0.325 e. The van der Waals surface area contributed by atoms with Gasteiger partial charge in [-0.05, 0) is 19.1 Å². The number of ether oxygens (including phenoxy) is 1. The van der Waals surface area contributed by atoms with Crippen molar-refractivity contribution in [1.82, 2.24) is 4.98 Å².